The third kappa shape index (κ3) is 8.64. The molecule has 128 valence electrons. The largest absolute Gasteiger partial charge is 0.480 e. The first kappa shape index (κ1) is 21.5. The highest BCUT2D eigenvalue weighted by Crippen LogP contribution is 2.26. The number of nitrogens with one attached hydrogen (secondary N) is 1. The van der Waals surface area contributed by atoms with E-state index in [0.717, 1.165) is 22.8 Å². The van der Waals surface area contributed by atoms with E-state index in [4.69, 9.17) is 5.11 Å². The minimum atomic E-state index is -0.928. The molecule has 0 atom stereocenters. The molecule has 1 rings (SSSR count). The van der Waals surface area contributed by atoms with Gasteiger partial charge in [0.25, 0.3) is 0 Å². The summed E-state index contributed by atoms with van der Waals surface area (Å²) in [6.45, 7) is 6.15. The van der Waals surface area contributed by atoms with Crippen LogP contribution < -0.4 is 5.32 Å². The summed E-state index contributed by atoms with van der Waals surface area (Å²) >= 11 is 1.59. The number of hydrogen-bond donors (Lipinski definition) is 2. The van der Waals surface area contributed by atoms with Gasteiger partial charge in [-0.15, -0.1) is 30.7 Å². The predicted octanol–water partition coefficient (Wildman–Crippen LogP) is 3.12. The molecule has 23 heavy (non-hydrogen) atoms. The van der Waals surface area contributed by atoms with Crippen LogP contribution in [0.2, 0.25) is 0 Å². The van der Waals surface area contributed by atoms with Gasteiger partial charge in [0.15, 0.2) is 0 Å². The number of rotatable bonds is 10. The van der Waals surface area contributed by atoms with Crippen LogP contribution in [0.5, 0.6) is 0 Å². The third-order valence-corrected chi connectivity index (χ3v) is 3.85. The molecule has 0 radical (unpaired) electrons. The zero-order valence-corrected chi connectivity index (χ0v) is 14.8. The zero-order valence-electron chi connectivity index (χ0n) is 13.2. The van der Waals surface area contributed by atoms with E-state index in [-0.39, 0.29) is 31.4 Å². The summed E-state index contributed by atoms with van der Waals surface area (Å²) in [5, 5.41) is 11.7. The molecular formula is C16H23ClN2O3S. The number of hydrogen-bond acceptors (Lipinski definition) is 4. The first-order chi connectivity index (χ1) is 10.6. The van der Waals surface area contributed by atoms with Crippen LogP contribution in [-0.2, 0) is 9.59 Å². The van der Waals surface area contributed by atoms with Crippen LogP contribution in [0.4, 0.5) is 5.69 Å². The normalized spacial score (nSPS) is 10.0. The van der Waals surface area contributed by atoms with Crippen molar-refractivity contribution in [3.8, 4) is 0 Å². The molecular weight excluding hydrogens is 336 g/mol. The van der Waals surface area contributed by atoms with E-state index < -0.39 is 5.97 Å². The lowest BCUT2D eigenvalue weighted by Crippen LogP contribution is -2.37. The predicted molar refractivity (Wildman–Crippen MR) is 97.6 cm³/mol. The molecule has 0 aliphatic rings. The lowest BCUT2D eigenvalue weighted by molar-refractivity contribution is -0.138. The quantitative estimate of drug-likeness (QED) is 0.496. The fraction of sp³-hybridized carbons (Fsp3) is 0.375. The maximum absolute atomic E-state index is 12.1. The van der Waals surface area contributed by atoms with Gasteiger partial charge >= 0.3 is 5.97 Å². The lowest BCUT2D eigenvalue weighted by Gasteiger charge is -2.19. The molecule has 1 amide bonds. The van der Waals surface area contributed by atoms with Crippen molar-refractivity contribution in [2.45, 2.75) is 18.2 Å². The van der Waals surface area contributed by atoms with Crippen molar-refractivity contribution < 1.29 is 14.7 Å². The number of anilines is 1. The summed E-state index contributed by atoms with van der Waals surface area (Å²) in [7, 11) is 0. The molecule has 2 N–H and O–H groups in total. The highest BCUT2D eigenvalue weighted by Gasteiger charge is 2.14. The molecule has 0 spiro atoms. The van der Waals surface area contributed by atoms with E-state index in [0.29, 0.717) is 6.54 Å². The topological polar surface area (TPSA) is 69.6 Å². The van der Waals surface area contributed by atoms with Crippen molar-refractivity contribution in [2.24, 2.45) is 0 Å². The van der Waals surface area contributed by atoms with Gasteiger partial charge in [0.2, 0.25) is 5.91 Å². The minimum absolute atomic E-state index is 0. The molecule has 0 saturated heterocycles. The van der Waals surface area contributed by atoms with Crippen LogP contribution in [-0.4, -0.2) is 47.3 Å². The summed E-state index contributed by atoms with van der Waals surface area (Å²) in [6.07, 6.45) is 2.60. The fourth-order valence-corrected chi connectivity index (χ4v) is 2.71. The summed E-state index contributed by atoms with van der Waals surface area (Å²) < 4.78 is 0. The van der Waals surface area contributed by atoms with E-state index in [1.807, 2.05) is 31.2 Å². The zero-order chi connectivity index (χ0) is 16.4. The number of benzene rings is 1. The van der Waals surface area contributed by atoms with Gasteiger partial charge in [-0.05, 0) is 25.1 Å². The molecule has 0 aliphatic heterocycles. The number of amides is 1. The Morgan fingerprint density at radius 2 is 2.04 bits per heavy atom. The summed E-state index contributed by atoms with van der Waals surface area (Å²) in [4.78, 5) is 25.5. The molecule has 0 aliphatic carbocycles. The Labute approximate surface area is 147 Å². The van der Waals surface area contributed by atoms with Crippen LogP contribution >= 0.6 is 24.2 Å². The SMILES string of the molecule is C=CCSc1ccccc1NC(=O)CN(CCC)CC(=O)O.Cl. The van der Waals surface area contributed by atoms with Crippen LogP contribution in [0.25, 0.3) is 0 Å². The molecule has 0 fully saturated rings. The molecule has 0 unspecified atom stereocenters. The number of carboxylic acids is 1. The number of thioether (sulfide) groups is 1. The molecule has 7 heteroatoms. The van der Waals surface area contributed by atoms with Crippen molar-refractivity contribution in [1.82, 2.24) is 4.90 Å². The third-order valence-electron chi connectivity index (χ3n) is 2.78. The fourth-order valence-electron chi connectivity index (χ4n) is 1.96. The molecule has 5 nitrogen and oxygen atoms in total. The Hall–Kier alpha value is -1.50. The van der Waals surface area contributed by atoms with Gasteiger partial charge in [-0.1, -0.05) is 25.1 Å². The Kier molecular flexibility index (Phi) is 11.2. The monoisotopic (exact) mass is 358 g/mol. The van der Waals surface area contributed by atoms with Crippen LogP contribution in [0.3, 0.4) is 0 Å². The number of halogens is 1. The van der Waals surface area contributed by atoms with E-state index in [2.05, 4.69) is 11.9 Å². The second-order valence-electron chi connectivity index (χ2n) is 4.75. The lowest BCUT2D eigenvalue weighted by atomic mass is 10.3. The number of nitrogens with zero attached hydrogens (tertiary/aromatic N) is 1. The van der Waals surface area contributed by atoms with E-state index in [1.165, 1.54) is 0 Å². The summed E-state index contributed by atoms with van der Waals surface area (Å²) in [5.41, 5.74) is 0.742. The first-order valence-electron chi connectivity index (χ1n) is 7.13. The Balaban J connectivity index is 0.00000484. The second kappa shape index (κ2) is 12.0. The summed E-state index contributed by atoms with van der Waals surface area (Å²) in [5.74, 6) is -0.377. The second-order valence-corrected chi connectivity index (χ2v) is 5.81. The van der Waals surface area contributed by atoms with Gasteiger partial charge in [0.1, 0.15) is 0 Å². The molecule has 1 aromatic rings. The highest BCUT2D eigenvalue weighted by molar-refractivity contribution is 7.99. The van der Waals surface area contributed by atoms with Crippen LogP contribution in [0, 0.1) is 0 Å². The number of aliphatic carboxylic acids is 1. The molecule has 0 saturated carbocycles. The highest BCUT2D eigenvalue weighted by atomic mass is 35.5. The Morgan fingerprint density at radius 1 is 1.35 bits per heavy atom. The Bertz CT molecular complexity index is 526. The van der Waals surface area contributed by atoms with Gasteiger partial charge in [-0.3, -0.25) is 14.5 Å². The van der Waals surface area contributed by atoms with Gasteiger partial charge in [-0.25, -0.2) is 0 Å². The number of carboxylic acid groups (broad SMARTS) is 1. The van der Waals surface area contributed by atoms with Gasteiger partial charge < -0.3 is 10.4 Å². The molecule has 0 heterocycles. The van der Waals surface area contributed by atoms with Crippen molar-refractivity contribution in [3.05, 3.63) is 36.9 Å². The first-order valence-corrected chi connectivity index (χ1v) is 8.12. The number of para-hydroxylation sites is 1. The van der Waals surface area contributed by atoms with Crippen molar-refractivity contribution in [1.29, 1.82) is 0 Å². The molecule has 1 aromatic carbocycles. The van der Waals surface area contributed by atoms with Crippen molar-refractivity contribution >= 4 is 41.7 Å². The smallest absolute Gasteiger partial charge is 0.317 e. The van der Waals surface area contributed by atoms with Crippen molar-refractivity contribution in [2.75, 3.05) is 30.7 Å². The minimum Gasteiger partial charge on any atom is -0.480 e. The van der Waals surface area contributed by atoms with Gasteiger partial charge in [0, 0.05) is 10.6 Å². The van der Waals surface area contributed by atoms with Crippen LogP contribution in [0.15, 0.2) is 41.8 Å². The summed E-state index contributed by atoms with van der Waals surface area (Å²) in [6, 6.07) is 7.54. The van der Waals surface area contributed by atoms with Crippen molar-refractivity contribution in [3.63, 3.8) is 0 Å². The average Bonchev–Trinajstić information content (AvgIpc) is 2.46. The van der Waals surface area contributed by atoms with E-state index >= 15 is 0 Å². The van der Waals surface area contributed by atoms with E-state index in [9.17, 15) is 9.59 Å². The van der Waals surface area contributed by atoms with E-state index in [1.54, 1.807) is 22.7 Å². The van der Waals surface area contributed by atoms with Crippen LogP contribution in [0.1, 0.15) is 13.3 Å². The van der Waals surface area contributed by atoms with Gasteiger partial charge in [0.05, 0.1) is 18.8 Å². The maximum atomic E-state index is 12.1. The molecule has 0 bridgehead atoms. The molecule has 0 aromatic heterocycles. The number of carbonyl (C=O) groups excluding carboxylic acids is 1. The number of carbonyl (C=O) groups is 2. The Morgan fingerprint density at radius 3 is 2.65 bits per heavy atom. The standard InChI is InChI=1S/C16H22N2O3S.ClH/c1-3-9-18(12-16(20)21)11-15(19)17-13-7-5-6-8-14(13)22-10-4-2;/h4-8H,2-3,9-12H2,1H3,(H,17,19)(H,20,21);1H. The average molecular weight is 359 g/mol. The maximum Gasteiger partial charge on any atom is 0.317 e. The van der Waals surface area contributed by atoms with Gasteiger partial charge in [-0.2, -0.15) is 0 Å².